The first kappa shape index (κ1) is 5.60. The lowest BCUT2D eigenvalue weighted by molar-refractivity contribution is -0.115. The third-order valence-corrected chi connectivity index (χ3v) is 0.373. The van der Waals surface area contributed by atoms with Gasteiger partial charge in [-0.15, -0.1) is 0 Å². The Morgan fingerprint density at radius 1 is 1.83 bits per heavy atom. The molecule has 0 atom stereocenters. The van der Waals surface area contributed by atoms with E-state index in [-0.39, 0.29) is 12.2 Å². The first-order chi connectivity index (χ1) is 2.77. The maximum atomic E-state index is 11.0. The molecule has 0 aromatic rings. The zero-order valence-electron chi connectivity index (χ0n) is 3.41. The normalized spacial score (nSPS) is 8.33. The van der Waals surface area contributed by atoms with Crippen molar-refractivity contribution in [2.45, 2.75) is 6.42 Å². The molecule has 0 fully saturated rings. The molecule has 0 saturated carbocycles. The first-order valence-electron chi connectivity index (χ1n) is 1.68. The predicted molar refractivity (Wildman–Crippen MR) is 21.0 cm³/mol. The van der Waals surface area contributed by atoms with E-state index in [1.807, 2.05) is 0 Å². The van der Waals surface area contributed by atoms with Crippen LogP contribution in [0.2, 0.25) is 0 Å². The minimum Gasteiger partial charge on any atom is -0.300 e. The molecule has 1 radical (unpaired) electrons. The molecule has 0 heterocycles. The monoisotopic (exact) mass is 89.0 g/mol. The van der Waals surface area contributed by atoms with E-state index in [4.69, 9.17) is 0 Å². The van der Waals surface area contributed by atoms with Crippen molar-refractivity contribution < 1.29 is 9.18 Å². The highest BCUT2D eigenvalue weighted by molar-refractivity contribution is 5.82. The molecular formula is C4H6FO. The smallest absolute Gasteiger partial charge is 0.135 e. The quantitative estimate of drug-likeness (QED) is 0.488. The fourth-order valence-electron chi connectivity index (χ4n) is 0.105. The fourth-order valence-corrected chi connectivity index (χ4v) is 0.105. The van der Waals surface area contributed by atoms with Gasteiger partial charge in [-0.05, 0) is 0 Å². The molecule has 0 amide bonds. The van der Waals surface area contributed by atoms with E-state index in [2.05, 4.69) is 6.92 Å². The molecule has 0 aliphatic carbocycles. The molecule has 0 saturated heterocycles. The van der Waals surface area contributed by atoms with Crippen molar-refractivity contribution in [1.82, 2.24) is 0 Å². The number of ketones is 1. The summed E-state index contributed by atoms with van der Waals surface area (Å²) < 4.78 is 11.0. The van der Waals surface area contributed by atoms with Crippen molar-refractivity contribution in [1.29, 1.82) is 0 Å². The zero-order valence-corrected chi connectivity index (χ0v) is 3.41. The standard InChI is InChI=1S/C4H6FO/c1-4(6)2-3-5/h1-3H2. The van der Waals surface area contributed by atoms with Gasteiger partial charge in [-0.2, -0.15) is 0 Å². The number of hydrogen-bond acceptors (Lipinski definition) is 1. The number of rotatable bonds is 2. The highest BCUT2D eigenvalue weighted by Crippen LogP contribution is 1.78. The van der Waals surface area contributed by atoms with Crippen molar-refractivity contribution in [2.24, 2.45) is 0 Å². The summed E-state index contributed by atoms with van der Waals surface area (Å²) in [6, 6.07) is 0. The number of hydrogen-bond donors (Lipinski definition) is 0. The average molecular weight is 89.1 g/mol. The molecule has 1 nitrogen and oxygen atoms in total. The maximum Gasteiger partial charge on any atom is 0.135 e. The van der Waals surface area contributed by atoms with Crippen LogP contribution in [0.3, 0.4) is 0 Å². The van der Waals surface area contributed by atoms with Crippen molar-refractivity contribution >= 4 is 5.78 Å². The Hall–Kier alpha value is -0.400. The largest absolute Gasteiger partial charge is 0.300 e. The van der Waals surface area contributed by atoms with Crippen LogP contribution in [0.25, 0.3) is 0 Å². The summed E-state index contributed by atoms with van der Waals surface area (Å²) in [4.78, 5) is 9.69. The van der Waals surface area contributed by atoms with E-state index in [0.717, 1.165) is 0 Å². The zero-order chi connectivity index (χ0) is 4.99. The Labute approximate surface area is 36.2 Å². The summed E-state index contributed by atoms with van der Waals surface area (Å²) in [6.45, 7) is 2.37. The molecule has 35 valence electrons. The molecule has 0 aromatic heterocycles. The van der Waals surface area contributed by atoms with E-state index in [1.165, 1.54) is 0 Å². The minimum absolute atomic E-state index is 0.0417. The Balaban J connectivity index is 2.83. The summed E-state index contributed by atoms with van der Waals surface area (Å²) in [5.74, 6) is -0.336. The molecule has 0 unspecified atom stereocenters. The van der Waals surface area contributed by atoms with Crippen LogP contribution in [0.15, 0.2) is 0 Å². The second kappa shape index (κ2) is 2.82. The number of halogens is 1. The maximum absolute atomic E-state index is 11.0. The third kappa shape index (κ3) is 3.60. The highest BCUT2D eigenvalue weighted by atomic mass is 19.1. The van der Waals surface area contributed by atoms with E-state index in [9.17, 15) is 9.18 Å². The van der Waals surface area contributed by atoms with Gasteiger partial charge in [0.05, 0.1) is 6.67 Å². The van der Waals surface area contributed by atoms with Crippen LogP contribution in [0.1, 0.15) is 6.42 Å². The molecule has 6 heavy (non-hydrogen) atoms. The van der Waals surface area contributed by atoms with E-state index < -0.39 is 6.67 Å². The van der Waals surface area contributed by atoms with E-state index in [1.54, 1.807) is 0 Å². The first-order valence-corrected chi connectivity index (χ1v) is 1.68. The van der Waals surface area contributed by atoms with Gasteiger partial charge in [0.25, 0.3) is 0 Å². The average Bonchev–Trinajstić information content (AvgIpc) is 1.35. The molecular weight excluding hydrogens is 83.0 g/mol. The van der Waals surface area contributed by atoms with Crippen LogP contribution in [-0.2, 0) is 4.79 Å². The van der Waals surface area contributed by atoms with Gasteiger partial charge in [0, 0.05) is 13.3 Å². The minimum atomic E-state index is -0.581. The number of alkyl halides is 1. The third-order valence-electron chi connectivity index (χ3n) is 0.373. The molecule has 0 bridgehead atoms. The van der Waals surface area contributed by atoms with Gasteiger partial charge in [-0.3, -0.25) is 9.18 Å². The van der Waals surface area contributed by atoms with Gasteiger partial charge in [-0.1, -0.05) is 0 Å². The Bertz CT molecular complexity index is 51.5. The number of carbonyl (C=O) groups is 1. The Morgan fingerprint density at radius 3 is 2.33 bits per heavy atom. The van der Waals surface area contributed by atoms with Gasteiger partial charge >= 0.3 is 0 Å². The molecule has 0 rings (SSSR count). The lowest BCUT2D eigenvalue weighted by atomic mass is 10.3. The summed E-state index contributed by atoms with van der Waals surface area (Å²) in [5.41, 5.74) is 0. The molecule has 0 spiro atoms. The van der Waals surface area contributed by atoms with Crippen LogP contribution in [0.5, 0.6) is 0 Å². The highest BCUT2D eigenvalue weighted by Gasteiger charge is 1.86. The SMILES string of the molecule is [CH2]C(=O)CCF. The Kier molecular flexibility index (Phi) is 2.63. The molecule has 2 heteroatoms. The van der Waals surface area contributed by atoms with Crippen LogP contribution < -0.4 is 0 Å². The second-order valence-electron chi connectivity index (χ2n) is 0.978. The summed E-state index contributed by atoms with van der Waals surface area (Å²) in [6.07, 6.45) is -0.0417. The lowest BCUT2D eigenvalue weighted by Gasteiger charge is -1.77. The fraction of sp³-hybridized carbons (Fsp3) is 0.500. The second-order valence-corrected chi connectivity index (χ2v) is 0.978. The van der Waals surface area contributed by atoms with Gasteiger partial charge in [0.1, 0.15) is 5.78 Å². The summed E-state index contributed by atoms with van der Waals surface area (Å²) in [7, 11) is 0. The summed E-state index contributed by atoms with van der Waals surface area (Å²) in [5, 5.41) is 0. The molecule has 0 aromatic carbocycles. The van der Waals surface area contributed by atoms with Crippen molar-refractivity contribution in [3.05, 3.63) is 6.92 Å². The lowest BCUT2D eigenvalue weighted by Crippen LogP contribution is -1.89. The Morgan fingerprint density at radius 2 is 2.33 bits per heavy atom. The van der Waals surface area contributed by atoms with Gasteiger partial charge in [-0.25, -0.2) is 0 Å². The number of Topliss-reactive ketones (excluding diaryl/α,β-unsaturated/α-hetero) is 1. The van der Waals surface area contributed by atoms with Gasteiger partial charge in [0.2, 0.25) is 0 Å². The molecule has 0 aliphatic heterocycles. The van der Waals surface area contributed by atoms with Crippen molar-refractivity contribution in [2.75, 3.05) is 6.67 Å². The van der Waals surface area contributed by atoms with Crippen LogP contribution >= 0.6 is 0 Å². The topological polar surface area (TPSA) is 17.1 Å². The predicted octanol–water partition coefficient (Wildman–Crippen LogP) is 0.749. The van der Waals surface area contributed by atoms with E-state index >= 15 is 0 Å². The summed E-state index contributed by atoms with van der Waals surface area (Å²) >= 11 is 0. The molecule has 0 N–H and O–H groups in total. The van der Waals surface area contributed by atoms with Crippen LogP contribution in [-0.4, -0.2) is 12.5 Å². The van der Waals surface area contributed by atoms with Crippen molar-refractivity contribution in [3.63, 3.8) is 0 Å². The van der Waals surface area contributed by atoms with Gasteiger partial charge in [0.15, 0.2) is 0 Å². The van der Waals surface area contributed by atoms with Crippen molar-refractivity contribution in [3.8, 4) is 0 Å². The number of carbonyl (C=O) groups excluding carboxylic acids is 1. The van der Waals surface area contributed by atoms with Crippen LogP contribution in [0, 0.1) is 6.92 Å². The van der Waals surface area contributed by atoms with E-state index in [0.29, 0.717) is 0 Å². The van der Waals surface area contributed by atoms with Gasteiger partial charge < -0.3 is 0 Å². The molecule has 0 aliphatic rings. The van der Waals surface area contributed by atoms with Crippen LogP contribution in [0.4, 0.5) is 4.39 Å².